The number of hydrogen-bond donors (Lipinski definition) is 1. The van der Waals surface area contributed by atoms with Crippen molar-refractivity contribution in [2.45, 2.75) is 26.4 Å². The van der Waals surface area contributed by atoms with E-state index in [1.807, 2.05) is 32.1 Å². The van der Waals surface area contributed by atoms with Gasteiger partial charge in [0.2, 0.25) is 5.91 Å². The zero-order valence-corrected chi connectivity index (χ0v) is 13.3. The van der Waals surface area contributed by atoms with Gasteiger partial charge in [-0.15, -0.1) is 0 Å². The van der Waals surface area contributed by atoms with Gasteiger partial charge in [0.15, 0.2) is 0 Å². The van der Waals surface area contributed by atoms with E-state index in [1.54, 1.807) is 29.9 Å². The molecular formula is C16H21FN4O. The number of amides is 1. The highest BCUT2D eigenvalue weighted by Gasteiger charge is 2.19. The Morgan fingerprint density at radius 2 is 2.23 bits per heavy atom. The lowest BCUT2D eigenvalue weighted by Crippen LogP contribution is -2.39. The van der Waals surface area contributed by atoms with Crippen LogP contribution in [-0.4, -0.2) is 33.7 Å². The fourth-order valence-corrected chi connectivity index (χ4v) is 2.10. The minimum Gasteiger partial charge on any atom is -0.325 e. The van der Waals surface area contributed by atoms with Gasteiger partial charge in [-0.1, -0.05) is 6.07 Å². The molecule has 6 heteroatoms. The number of carbonyl (C=O) groups excluding carboxylic acids is 1. The summed E-state index contributed by atoms with van der Waals surface area (Å²) < 4.78 is 15.2. The number of hydrogen-bond acceptors (Lipinski definition) is 3. The summed E-state index contributed by atoms with van der Waals surface area (Å²) in [4.78, 5) is 14.2. The van der Waals surface area contributed by atoms with Crippen LogP contribution in [0.15, 0.2) is 30.6 Å². The van der Waals surface area contributed by atoms with E-state index in [4.69, 9.17) is 0 Å². The summed E-state index contributed by atoms with van der Waals surface area (Å²) in [6.07, 6.45) is 3.69. The molecule has 1 N–H and O–H groups in total. The Morgan fingerprint density at radius 1 is 1.50 bits per heavy atom. The van der Waals surface area contributed by atoms with Crippen molar-refractivity contribution in [3.05, 3.63) is 47.5 Å². The number of halogens is 1. The topological polar surface area (TPSA) is 50.2 Å². The van der Waals surface area contributed by atoms with Gasteiger partial charge in [0.05, 0.1) is 12.2 Å². The Bertz CT molecular complexity index is 668. The van der Waals surface area contributed by atoms with E-state index in [0.29, 0.717) is 17.8 Å². The molecule has 0 saturated heterocycles. The first-order chi connectivity index (χ1) is 10.4. The Balaban J connectivity index is 1.97. The Morgan fingerprint density at radius 3 is 2.82 bits per heavy atom. The highest BCUT2D eigenvalue weighted by molar-refractivity contribution is 5.94. The van der Waals surface area contributed by atoms with Crippen LogP contribution < -0.4 is 5.32 Å². The molecule has 1 aromatic heterocycles. The van der Waals surface area contributed by atoms with Gasteiger partial charge < -0.3 is 5.32 Å². The van der Waals surface area contributed by atoms with E-state index in [2.05, 4.69) is 10.4 Å². The minimum absolute atomic E-state index is 0.172. The molecule has 118 valence electrons. The van der Waals surface area contributed by atoms with Crippen molar-refractivity contribution in [2.75, 3.05) is 12.4 Å². The smallest absolute Gasteiger partial charge is 0.241 e. The van der Waals surface area contributed by atoms with E-state index in [1.165, 1.54) is 6.07 Å². The quantitative estimate of drug-likeness (QED) is 0.922. The fourth-order valence-electron chi connectivity index (χ4n) is 2.10. The van der Waals surface area contributed by atoms with Gasteiger partial charge in [-0.25, -0.2) is 4.39 Å². The van der Waals surface area contributed by atoms with Gasteiger partial charge in [0.25, 0.3) is 0 Å². The lowest BCUT2D eigenvalue weighted by molar-refractivity contribution is -0.120. The number of rotatable bonds is 5. The SMILES string of the molecule is Cc1ccc(NC(=O)[C@@H](C)N(C)Cc2cnn(C)c2)cc1F. The highest BCUT2D eigenvalue weighted by Crippen LogP contribution is 2.14. The normalized spacial score (nSPS) is 12.5. The van der Waals surface area contributed by atoms with Crippen molar-refractivity contribution in [2.24, 2.45) is 7.05 Å². The summed E-state index contributed by atoms with van der Waals surface area (Å²) >= 11 is 0. The van der Waals surface area contributed by atoms with Crippen LogP contribution in [-0.2, 0) is 18.4 Å². The maximum Gasteiger partial charge on any atom is 0.241 e. The summed E-state index contributed by atoms with van der Waals surface area (Å²) in [5, 5.41) is 6.85. The van der Waals surface area contributed by atoms with E-state index in [9.17, 15) is 9.18 Å². The van der Waals surface area contributed by atoms with Crippen molar-refractivity contribution in [1.82, 2.24) is 14.7 Å². The van der Waals surface area contributed by atoms with Gasteiger partial charge in [0, 0.05) is 31.0 Å². The standard InChI is InChI=1S/C16H21FN4O/c1-11-5-6-14(7-15(11)17)19-16(22)12(2)20(3)9-13-8-18-21(4)10-13/h5-8,10,12H,9H2,1-4H3,(H,19,22)/t12-/m1/s1. The summed E-state index contributed by atoms with van der Waals surface area (Å²) in [5.74, 6) is -0.496. The molecule has 0 aliphatic heterocycles. The maximum atomic E-state index is 13.5. The van der Waals surface area contributed by atoms with Crippen LogP contribution in [0.25, 0.3) is 0 Å². The van der Waals surface area contributed by atoms with Crippen molar-refractivity contribution in [3.8, 4) is 0 Å². The molecule has 1 heterocycles. The molecule has 0 bridgehead atoms. The summed E-state index contributed by atoms with van der Waals surface area (Å²) in [5.41, 5.74) is 2.06. The predicted molar refractivity (Wildman–Crippen MR) is 83.9 cm³/mol. The Hall–Kier alpha value is -2.21. The van der Waals surface area contributed by atoms with E-state index < -0.39 is 0 Å². The number of carbonyl (C=O) groups is 1. The second-order valence-electron chi connectivity index (χ2n) is 5.57. The number of aromatic nitrogens is 2. The van der Waals surface area contributed by atoms with Crippen LogP contribution in [0.1, 0.15) is 18.1 Å². The van der Waals surface area contributed by atoms with Crippen LogP contribution in [0.4, 0.5) is 10.1 Å². The number of nitrogens with zero attached hydrogens (tertiary/aromatic N) is 3. The first-order valence-electron chi connectivity index (χ1n) is 7.11. The first-order valence-corrected chi connectivity index (χ1v) is 7.11. The van der Waals surface area contributed by atoms with Gasteiger partial charge >= 0.3 is 0 Å². The van der Waals surface area contributed by atoms with Gasteiger partial charge in [0.1, 0.15) is 5.82 Å². The van der Waals surface area contributed by atoms with Crippen LogP contribution in [0.2, 0.25) is 0 Å². The summed E-state index contributed by atoms with van der Waals surface area (Å²) in [6.45, 7) is 4.12. The molecule has 2 aromatic rings. The van der Waals surface area contributed by atoms with Crippen LogP contribution in [0.3, 0.4) is 0 Å². The fraction of sp³-hybridized carbons (Fsp3) is 0.375. The molecule has 1 atom stereocenters. The third kappa shape index (κ3) is 3.92. The monoisotopic (exact) mass is 304 g/mol. The average molecular weight is 304 g/mol. The molecule has 0 aliphatic carbocycles. The average Bonchev–Trinajstić information content (AvgIpc) is 2.87. The van der Waals surface area contributed by atoms with E-state index in [0.717, 1.165) is 5.56 Å². The minimum atomic E-state index is -0.343. The number of anilines is 1. The molecule has 22 heavy (non-hydrogen) atoms. The van der Waals surface area contributed by atoms with Crippen LogP contribution in [0, 0.1) is 12.7 Å². The maximum absolute atomic E-state index is 13.5. The van der Waals surface area contributed by atoms with Crippen LogP contribution in [0.5, 0.6) is 0 Å². The summed E-state index contributed by atoms with van der Waals surface area (Å²) in [7, 11) is 3.72. The Labute approximate surface area is 129 Å². The predicted octanol–water partition coefficient (Wildman–Crippen LogP) is 2.33. The molecule has 0 unspecified atom stereocenters. The van der Waals surface area contributed by atoms with Crippen molar-refractivity contribution < 1.29 is 9.18 Å². The number of likely N-dealkylation sites (N-methyl/N-ethyl adjacent to an activating group) is 1. The molecule has 0 fully saturated rings. The molecule has 0 saturated carbocycles. The lowest BCUT2D eigenvalue weighted by Gasteiger charge is -2.23. The van der Waals surface area contributed by atoms with Gasteiger partial charge in [-0.3, -0.25) is 14.4 Å². The zero-order chi connectivity index (χ0) is 16.3. The molecule has 0 spiro atoms. The third-order valence-corrected chi connectivity index (χ3v) is 3.67. The van der Waals surface area contributed by atoms with E-state index in [-0.39, 0.29) is 17.8 Å². The lowest BCUT2D eigenvalue weighted by atomic mass is 10.2. The summed E-state index contributed by atoms with van der Waals surface area (Å²) in [6, 6.07) is 4.34. The molecule has 0 radical (unpaired) electrons. The molecular weight excluding hydrogens is 283 g/mol. The number of nitrogens with one attached hydrogen (secondary N) is 1. The molecule has 1 aromatic carbocycles. The number of aryl methyl sites for hydroxylation is 2. The van der Waals surface area contributed by atoms with Crippen molar-refractivity contribution in [3.63, 3.8) is 0 Å². The molecule has 5 nitrogen and oxygen atoms in total. The van der Waals surface area contributed by atoms with Crippen molar-refractivity contribution >= 4 is 11.6 Å². The second kappa shape index (κ2) is 6.70. The molecule has 0 aliphatic rings. The second-order valence-corrected chi connectivity index (χ2v) is 5.57. The van der Waals surface area contributed by atoms with Crippen molar-refractivity contribution in [1.29, 1.82) is 0 Å². The van der Waals surface area contributed by atoms with E-state index >= 15 is 0 Å². The van der Waals surface area contributed by atoms with Gasteiger partial charge in [-0.2, -0.15) is 5.10 Å². The highest BCUT2D eigenvalue weighted by atomic mass is 19.1. The number of benzene rings is 1. The Kier molecular flexibility index (Phi) is 4.92. The first kappa shape index (κ1) is 16.2. The molecule has 2 rings (SSSR count). The van der Waals surface area contributed by atoms with Gasteiger partial charge in [-0.05, 0) is 38.6 Å². The van der Waals surface area contributed by atoms with Crippen LogP contribution >= 0.6 is 0 Å². The molecule has 1 amide bonds. The largest absolute Gasteiger partial charge is 0.325 e. The third-order valence-electron chi connectivity index (χ3n) is 3.67. The zero-order valence-electron chi connectivity index (χ0n) is 13.3.